The van der Waals surface area contributed by atoms with Crippen molar-refractivity contribution in [3.05, 3.63) is 28.2 Å². The number of halogens is 2. The quantitative estimate of drug-likeness (QED) is 0.774. The molecule has 0 heterocycles. The molecule has 0 aliphatic carbocycles. The number of nitrogens with zero attached hydrogens (tertiary/aromatic N) is 1. The predicted octanol–water partition coefficient (Wildman–Crippen LogP) is 3.03. The molecule has 0 atom stereocenters. The number of rotatable bonds is 8. The van der Waals surface area contributed by atoms with Gasteiger partial charge in [-0.1, -0.05) is 30.1 Å². The van der Waals surface area contributed by atoms with Gasteiger partial charge in [0.15, 0.2) is 0 Å². The van der Waals surface area contributed by atoms with Gasteiger partial charge in [0, 0.05) is 18.2 Å². The highest BCUT2D eigenvalue weighted by molar-refractivity contribution is 6.35. The fourth-order valence-corrected chi connectivity index (χ4v) is 2.20. The van der Waals surface area contributed by atoms with Crippen molar-refractivity contribution in [1.29, 1.82) is 0 Å². The molecule has 0 fully saturated rings. The highest BCUT2D eigenvalue weighted by Gasteiger charge is 2.11. The van der Waals surface area contributed by atoms with Gasteiger partial charge in [-0.25, -0.2) is 0 Å². The van der Waals surface area contributed by atoms with E-state index in [0.717, 1.165) is 13.0 Å². The second kappa shape index (κ2) is 9.19. The number of carbonyl (C=O) groups is 1. The van der Waals surface area contributed by atoms with E-state index in [1.807, 2.05) is 4.90 Å². The molecule has 0 saturated carbocycles. The summed E-state index contributed by atoms with van der Waals surface area (Å²) in [6, 6.07) is 4.94. The monoisotopic (exact) mass is 318 g/mol. The number of nitrogens with one attached hydrogen (secondary N) is 1. The number of hydrogen-bond acceptors (Lipinski definition) is 3. The number of amides is 1. The second-order valence-corrected chi connectivity index (χ2v) is 5.37. The molecule has 4 nitrogen and oxygen atoms in total. The van der Waals surface area contributed by atoms with Crippen LogP contribution in [0.2, 0.25) is 10.0 Å². The Morgan fingerprint density at radius 2 is 2.10 bits per heavy atom. The molecule has 0 aliphatic rings. The van der Waals surface area contributed by atoms with E-state index in [4.69, 9.17) is 28.3 Å². The summed E-state index contributed by atoms with van der Waals surface area (Å²) >= 11 is 11.9. The molecular formula is C14H20Cl2N2O2. The molecule has 0 aromatic heterocycles. The van der Waals surface area contributed by atoms with Gasteiger partial charge in [0.1, 0.15) is 0 Å². The van der Waals surface area contributed by atoms with Crippen LogP contribution in [-0.4, -0.2) is 42.2 Å². The zero-order valence-electron chi connectivity index (χ0n) is 11.5. The molecule has 1 aromatic rings. The lowest BCUT2D eigenvalue weighted by atomic mass is 10.3. The molecular weight excluding hydrogens is 299 g/mol. The summed E-state index contributed by atoms with van der Waals surface area (Å²) in [6.07, 6.45) is 1.61. The minimum Gasteiger partial charge on any atom is -0.396 e. The summed E-state index contributed by atoms with van der Waals surface area (Å²) in [5, 5.41) is 12.6. The van der Waals surface area contributed by atoms with Gasteiger partial charge < -0.3 is 10.4 Å². The standard InChI is InChI=1S/C14H20Cl2N2O2/c1-2-6-18(7-3-8-19)10-14(20)17-13-9-11(15)4-5-12(13)16/h4-5,9,19H,2-3,6-8,10H2,1H3,(H,17,20). The van der Waals surface area contributed by atoms with E-state index in [1.165, 1.54) is 0 Å². The number of benzene rings is 1. The van der Waals surface area contributed by atoms with Crippen molar-refractivity contribution < 1.29 is 9.90 Å². The van der Waals surface area contributed by atoms with Crippen molar-refractivity contribution in [3.63, 3.8) is 0 Å². The Morgan fingerprint density at radius 1 is 1.35 bits per heavy atom. The van der Waals surface area contributed by atoms with Gasteiger partial charge in [-0.05, 0) is 37.6 Å². The largest absolute Gasteiger partial charge is 0.396 e. The minimum atomic E-state index is -0.138. The number of carbonyl (C=O) groups excluding carboxylic acids is 1. The normalized spacial score (nSPS) is 10.8. The summed E-state index contributed by atoms with van der Waals surface area (Å²) in [7, 11) is 0. The fourth-order valence-electron chi connectivity index (χ4n) is 1.87. The van der Waals surface area contributed by atoms with Crippen molar-refractivity contribution in [1.82, 2.24) is 4.90 Å². The molecule has 6 heteroatoms. The summed E-state index contributed by atoms with van der Waals surface area (Å²) in [5.74, 6) is -0.138. The van der Waals surface area contributed by atoms with Crippen LogP contribution in [-0.2, 0) is 4.79 Å². The number of aliphatic hydroxyl groups is 1. The number of hydrogen-bond donors (Lipinski definition) is 2. The van der Waals surface area contributed by atoms with Crippen molar-refractivity contribution in [3.8, 4) is 0 Å². The molecule has 20 heavy (non-hydrogen) atoms. The van der Waals surface area contributed by atoms with E-state index >= 15 is 0 Å². The zero-order valence-corrected chi connectivity index (χ0v) is 13.0. The van der Waals surface area contributed by atoms with Crippen LogP contribution in [0.15, 0.2) is 18.2 Å². The Labute approximate surface area is 129 Å². The smallest absolute Gasteiger partial charge is 0.238 e. The third-order valence-electron chi connectivity index (χ3n) is 2.74. The molecule has 0 unspecified atom stereocenters. The minimum absolute atomic E-state index is 0.127. The highest BCUT2D eigenvalue weighted by Crippen LogP contribution is 2.25. The molecule has 0 bridgehead atoms. The average molecular weight is 319 g/mol. The van der Waals surface area contributed by atoms with E-state index in [2.05, 4.69) is 12.2 Å². The van der Waals surface area contributed by atoms with Crippen LogP contribution in [0.5, 0.6) is 0 Å². The van der Waals surface area contributed by atoms with Gasteiger partial charge in [0.2, 0.25) is 5.91 Å². The molecule has 1 aromatic carbocycles. The van der Waals surface area contributed by atoms with E-state index < -0.39 is 0 Å². The lowest BCUT2D eigenvalue weighted by Crippen LogP contribution is -2.35. The van der Waals surface area contributed by atoms with E-state index in [0.29, 0.717) is 28.7 Å². The van der Waals surface area contributed by atoms with Crippen LogP contribution in [0.25, 0.3) is 0 Å². The molecule has 1 rings (SSSR count). The van der Waals surface area contributed by atoms with Crippen LogP contribution in [0, 0.1) is 0 Å². The van der Waals surface area contributed by atoms with E-state index in [1.54, 1.807) is 18.2 Å². The first kappa shape index (κ1) is 17.2. The molecule has 112 valence electrons. The molecule has 0 aliphatic heterocycles. The first-order valence-electron chi connectivity index (χ1n) is 6.65. The van der Waals surface area contributed by atoms with Crippen LogP contribution < -0.4 is 5.32 Å². The Balaban J connectivity index is 2.58. The van der Waals surface area contributed by atoms with Gasteiger partial charge in [0.05, 0.1) is 17.3 Å². The number of aliphatic hydroxyl groups excluding tert-OH is 1. The van der Waals surface area contributed by atoms with Crippen molar-refractivity contribution in [2.24, 2.45) is 0 Å². The van der Waals surface area contributed by atoms with Crippen LogP contribution in [0.4, 0.5) is 5.69 Å². The third-order valence-corrected chi connectivity index (χ3v) is 3.31. The summed E-state index contributed by atoms with van der Waals surface area (Å²) < 4.78 is 0. The Bertz CT molecular complexity index is 441. The van der Waals surface area contributed by atoms with Crippen molar-refractivity contribution >= 4 is 34.8 Å². The first-order valence-corrected chi connectivity index (χ1v) is 7.40. The third kappa shape index (κ3) is 6.09. The Hall–Kier alpha value is -0.810. The van der Waals surface area contributed by atoms with Crippen molar-refractivity contribution in [2.45, 2.75) is 19.8 Å². The molecule has 1 amide bonds. The summed E-state index contributed by atoms with van der Waals surface area (Å²) in [5.41, 5.74) is 0.516. The summed E-state index contributed by atoms with van der Waals surface area (Å²) in [6.45, 7) is 3.97. The Morgan fingerprint density at radius 3 is 2.75 bits per heavy atom. The highest BCUT2D eigenvalue weighted by atomic mass is 35.5. The Kier molecular flexibility index (Phi) is 7.92. The molecule has 0 spiro atoms. The number of anilines is 1. The van der Waals surface area contributed by atoms with Crippen LogP contribution in [0.3, 0.4) is 0 Å². The van der Waals surface area contributed by atoms with Gasteiger partial charge in [-0.3, -0.25) is 9.69 Å². The summed E-state index contributed by atoms with van der Waals surface area (Å²) in [4.78, 5) is 14.0. The maximum atomic E-state index is 12.0. The SMILES string of the molecule is CCCN(CCCO)CC(=O)Nc1cc(Cl)ccc1Cl. The van der Waals surface area contributed by atoms with Crippen LogP contribution in [0.1, 0.15) is 19.8 Å². The van der Waals surface area contributed by atoms with Gasteiger partial charge in [-0.2, -0.15) is 0 Å². The zero-order chi connectivity index (χ0) is 15.0. The van der Waals surface area contributed by atoms with Crippen molar-refractivity contribution in [2.75, 3.05) is 31.6 Å². The van der Waals surface area contributed by atoms with Gasteiger partial charge in [0.25, 0.3) is 0 Å². The topological polar surface area (TPSA) is 52.6 Å². The van der Waals surface area contributed by atoms with Crippen LogP contribution >= 0.6 is 23.2 Å². The van der Waals surface area contributed by atoms with Gasteiger partial charge >= 0.3 is 0 Å². The predicted molar refractivity (Wildman–Crippen MR) is 83.5 cm³/mol. The maximum absolute atomic E-state index is 12.0. The van der Waals surface area contributed by atoms with E-state index in [-0.39, 0.29) is 19.1 Å². The molecule has 0 saturated heterocycles. The maximum Gasteiger partial charge on any atom is 0.238 e. The average Bonchev–Trinajstić information content (AvgIpc) is 2.40. The fraction of sp³-hybridized carbons (Fsp3) is 0.500. The molecule has 0 radical (unpaired) electrons. The molecule has 2 N–H and O–H groups in total. The lowest BCUT2D eigenvalue weighted by molar-refractivity contribution is -0.117. The lowest BCUT2D eigenvalue weighted by Gasteiger charge is -2.20. The first-order chi connectivity index (χ1) is 9.56. The second-order valence-electron chi connectivity index (χ2n) is 4.53. The van der Waals surface area contributed by atoms with Gasteiger partial charge in [-0.15, -0.1) is 0 Å². The van der Waals surface area contributed by atoms with E-state index in [9.17, 15) is 4.79 Å².